The Morgan fingerprint density at radius 2 is 0.537 bits per heavy atom. The van der Waals surface area contributed by atoms with Crippen molar-refractivity contribution in [3.05, 3.63) is 72.9 Å². The van der Waals surface area contributed by atoms with E-state index >= 15 is 0 Å². The summed E-state index contributed by atoms with van der Waals surface area (Å²) in [6.45, 7) is 6.56. The van der Waals surface area contributed by atoms with Gasteiger partial charge in [0.1, 0.15) is 13.2 Å². The summed E-state index contributed by atoms with van der Waals surface area (Å²) in [6.07, 6.45) is 70.2. The number of carbonyl (C=O) groups is 3. The highest BCUT2D eigenvalue weighted by Gasteiger charge is 2.19. The molecule has 1 atom stereocenters. The second kappa shape index (κ2) is 55.4. The van der Waals surface area contributed by atoms with Crippen LogP contribution in [0.2, 0.25) is 0 Å². The molecule has 6 nitrogen and oxygen atoms in total. The van der Waals surface area contributed by atoms with E-state index in [-0.39, 0.29) is 31.1 Å². The van der Waals surface area contributed by atoms with E-state index in [0.717, 1.165) is 116 Å². The van der Waals surface area contributed by atoms with Crippen LogP contribution < -0.4 is 0 Å². The van der Waals surface area contributed by atoms with Crippen molar-refractivity contribution in [1.82, 2.24) is 0 Å². The van der Waals surface area contributed by atoms with Crippen LogP contribution in [0.1, 0.15) is 278 Å². The highest BCUT2D eigenvalue weighted by atomic mass is 16.6. The van der Waals surface area contributed by atoms with E-state index in [1.807, 2.05) is 0 Å². The maximum atomic E-state index is 12.8. The van der Waals surface area contributed by atoms with E-state index in [1.165, 1.54) is 122 Å². The number of ether oxygens (including phenoxy) is 3. The van der Waals surface area contributed by atoms with Gasteiger partial charge in [-0.3, -0.25) is 14.4 Å². The van der Waals surface area contributed by atoms with Crippen molar-refractivity contribution in [2.24, 2.45) is 0 Å². The van der Waals surface area contributed by atoms with E-state index in [4.69, 9.17) is 14.2 Å². The van der Waals surface area contributed by atoms with Crippen LogP contribution in [0.4, 0.5) is 0 Å². The minimum Gasteiger partial charge on any atom is -0.462 e. The van der Waals surface area contributed by atoms with Gasteiger partial charge in [0, 0.05) is 19.3 Å². The van der Waals surface area contributed by atoms with Crippen LogP contribution in [0, 0.1) is 0 Å². The molecule has 0 N–H and O–H groups in total. The first-order chi connectivity index (χ1) is 33.0. The van der Waals surface area contributed by atoms with E-state index < -0.39 is 6.10 Å². The maximum absolute atomic E-state index is 12.8. The zero-order valence-corrected chi connectivity index (χ0v) is 44.2. The lowest BCUT2D eigenvalue weighted by molar-refractivity contribution is -0.167. The lowest BCUT2D eigenvalue weighted by Gasteiger charge is -2.18. The molecule has 6 heteroatoms. The van der Waals surface area contributed by atoms with Crippen molar-refractivity contribution in [3.8, 4) is 0 Å². The van der Waals surface area contributed by atoms with E-state index in [0.29, 0.717) is 19.3 Å². The molecule has 0 aromatic heterocycles. The molecule has 0 bridgehead atoms. The van der Waals surface area contributed by atoms with Crippen LogP contribution in [0.5, 0.6) is 0 Å². The van der Waals surface area contributed by atoms with E-state index in [9.17, 15) is 14.4 Å². The standard InChI is InChI=1S/C61H106O6/c1-4-7-10-13-16-19-22-25-28-30-31-34-36-39-42-45-48-51-54-60(63)66-57-58(56-65-59(62)53-50-47-44-41-38-35-32-27-24-21-18-15-12-9-6-3)67-61(64)55-52-49-46-43-40-37-33-29-26-23-20-17-14-11-8-5-2/h18-23,27-30,32-33,58H,4-17,24-26,31,34-57H2,1-3H3/b21-18-,22-19-,23-20-,30-28-,32-27-,33-29-. The summed E-state index contributed by atoms with van der Waals surface area (Å²) in [5.74, 6) is -0.918. The fraction of sp³-hybridized carbons (Fsp3) is 0.754. The maximum Gasteiger partial charge on any atom is 0.306 e. The van der Waals surface area contributed by atoms with Gasteiger partial charge < -0.3 is 14.2 Å². The van der Waals surface area contributed by atoms with Crippen molar-refractivity contribution in [1.29, 1.82) is 0 Å². The number of esters is 3. The SMILES string of the molecule is CCCCC/C=C\C/C=C\CCCCCCCC(=O)OCC(COC(=O)CCCCCCCCC/C=C\C/C=C\CCCCCC)OC(=O)CCCCCCC/C=C\C/C=C\CCCCCC. The summed E-state index contributed by atoms with van der Waals surface area (Å²) < 4.78 is 16.8. The smallest absolute Gasteiger partial charge is 0.306 e. The van der Waals surface area contributed by atoms with E-state index in [1.54, 1.807) is 0 Å². The summed E-state index contributed by atoms with van der Waals surface area (Å²) in [4.78, 5) is 38.1. The summed E-state index contributed by atoms with van der Waals surface area (Å²) in [7, 11) is 0. The van der Waals surface area contributed by atoms with Crippen LogP contribution in [-0.4, -0.2) is 37.2 Å². The van der Waals surface area contributed by atoms with Gasteiger partial charge >= 0.3 is 17.9 Å². The molecule has 67 heavy (non-hydrogen) atoms. The number of allylic oxidation sites excluding steroid dienone is 12. The van der Waals surface area contributed by atoms with Gasteiger partial charge in [-0.25, -0.2) is 0 Å². The molecule has 0 spiro atoms. The molecule has 0 aliphatic rings. The van der Waals surface area contributed by atoms with Gasteiger partial charge in [0.2, 0.25) is 0 Å². The van der Waals surface area contributed by atoms with Gasteiger partial charge in [0.25, 0.3) is 0 Å². The molecule has 0 aliphatic heterocycles. The summed E-state index contributed by atoms with van der Waals surface area (Å²) in [5, 5.41) is 0. The quantitative estimate of drug-likeness (QED) is 0.0262. The molecule has 0 aromatic rings. The van der Waals surface area contributed by atoms with Gasteiger partial charge in [0.05, 0.1) is 0 Å². The molecule has 0 amide bonds. The first kappa shape index (κ1) is 63.8. The normalized spacial score (nSPS) is 12.6. The average molecular weight is 936 g/mol. The molecule has 0 fully saturated rings. The predicted octanol–water partition coefficient (Wildman–Crippen LogP) is 19.0. The zero-order valence-electron chi connectivity index (χ0n) is 44.2. The van der Waals surface area contributed by atoms with Crippen molar-refractivity contribution < 1.29 is 28.6 Å². The molecular weight excluding hydrogens is 829 g/mol. The first-order valence-corrected chi connectivity index (χ1v) is 28.4. The largest absolute Gasteiger partial charge is 0.462 e. The molecule has 0 saturated carbocycles. The Hall–Kier alpha value is -3.15. The Kier molecular flexibility index (Phi) is 52.8. The van der Waals surface area contributed by atoms with Crippen LogP contribution in [0.15, 0.2) is 72.9 Å². The number of hydrogen-bond donors (Lipinski definition) is 0. The molecule has 0 aromatic carbocycles. The van der Waals surface area contributed by atoms with Crippen LogP contribution in [0.3, 0.4) is 0 Å². The predicted molar refractivity (Wildman–Crippen MR) is 288 cm³/mol. The molecule has 0 rings (SSSR count). The summed E-state index contributed by atoms with van der Waals surface area (Å²) in [6, 6.07) is 0. The Labute approximate surface area is 414 Å². The Morgan fingerprint density at radius 1 is 0.299 bits per heavy atom. The lowest BCUT2D eigenvalue weighted by Crippen LogP contribution is -2.30. The second-order valence-electron chi connectivity index (χ2n) is 18.8. The van der Waals surface area contributed by atoms with Crippen LogP contribution in [-0.2, 0) is 28.6 Å². The molecule has 0 aliphatic carbocycles. The Bertz CT molecular complexity index is 1260. The average Bonchev–Trinajstić information content (AvgIpc) is 3.33. The highest BCUT2D eigenvalue weighted by Crippen LogP contribution is 2.14. The number of unbranched alkanes of at least 4 members (excludes halogenated alkanes) is 28. The van der Waals surface area contributed by atoms with Crippen LogP contribution in [0.25, 0.3) is 0 Å². The molecule has 0 saturated heterocycles. The van der Waals surface area contributed by atoms with Crippen LogP contribution >= 0.6 is 0 Å². The molecule has 1 unspecified atom stereocenters. The highest BCUT2D eigenvalue weighted by molar-refractivity contribution is 5.71. The van der Waals surface area contributed by atoms with Gasteiger partial charge in [-0.05, 0) is 116 Å². The minimum atomic E-state index is -0.792. The van der Waals surface area contributed by atoms with Gasteiger partial charge in [-0.1, -0.05) is 216 Å². The van der Waals surface area contributed by atoms with Crippen molar-refractivity contribution >= 4 is 17.9 Å². The third-order valence-electron chi connectivity index (χ3n) is 12.2. The summed E-state index contributed by atoms with van der Waals surface area (Å²) in [5.41, 5.74) is 0. The zero-order chi connectivity index (χ0) is 48.6. The third kappa shape index (κ3) is 53.7. The number of rotatable bonds is 51. The topological polar surface area (TPSA) is 78.9 Å². The molecule has 0 radical (unpaired) electrons. The summed E-state index contributed by atoms with van der Waals surface area (Å²) >= 11 is 0. The monoisotopic (exact) mass is 935 g/mol. The van der Waals surface area contributed by atoms with Gasteiger partial charge in [-0.2, -0.15) is 0 Å². The second-order valence-corrected chi connectivity index (χ2v) is 18.8. The fourth-order valence-electron chi connectivity index (χ4n) is 7.83. The minimum absolute atomic E-state index is 0.0897. The lowest BCUT2D eigenvalue weighted by atomic mass is 10.1. The first-order valence-electron chi connectivity index (χ1n) is 28.4. The number of carbonyl (C=O) groups excluding carboxylic acids is 3. The fourth-order valence-corrected chi connectivity index (χ4v) is 7.83. The Balaban J connectivity index is 4.43. The third-order valence-corrected chi connectivity index (χ3v) is 12.2. The molecular formula is C61H106O6. The van der Waals surface area contributed by atoms with Crippen molar-refractivity contribution in [2.45, 2.75) is 284 Å². The Morgan fingerprint density at radius 3 is 0.851 bits per heavy atom. The van der Waals surface area contributed by atoms with Crippen molar-refractivity contribution in [2.75, 3.05) is 13.2 Å². The molecule has 386 valence electrons. The van der Waals surface area contributed by atoms with Crippen molar-refractivity contribution in [3.63, 3.8) is 0 Å². The molecule has 0 heterocycles. The van der Waals surface area contributed by atoms with Gasteiger partial charge in [-0.15, -0.1) is 0 Å². The van der Waals surface area contributed by atoms with E-state index in [2.05, 4.69) is 93.7 Å². The number of hydrogen-bond acceptors (Lipinski definition) is 6. The van der Waals surface area contributed by atoms with Gasteiger partial charge in [0.15, 0.2) is 6.10 Å².